The lowest BCUT2D eigenvalue weighted by atomic mass is 10.2. The number of rotatable bonds is 5. The van der Waals surface area contributed by atoms with Gasteiger partial charge in [-0.25, -0.2) is 8.42 Å². The predicted octanol–water partition coefficient (Wildman–Crippen LogP) is 3.55. The average Bonchev–Trinajstić information content (AvgIpc) is 2.77. The number of anilines is 1. The van der Waals surface area contributed by atoms with E-state index in [2.05, 4.69) is 10.9 Å². The quantitative estimate of drug-likeness (QED) is 0.573. The van der Waals surface area contributed by atoms with Crippen molar-refractivity contribution in [1.82, 2.24) is 10.9 Å². The molecule has 0 aliphatic rings. The number of halogens is 1. The zero-order chi connectivity index (χ0) is 22.6. The molecule has 3 aromatic carbocycles. The van der Waals surface area contributed by atoms with Gasteiger partial charge in [0.15, 0.2) is 0 Å². The Morgan fingerprint density at radius 2 is 1.52 bits per heavy atom. The zero-order valence-corrected chi connectivity index (χ0v) is 18.4. The van der Waals surface area contributed by atoms with Crippen LogP contribution in [0.15, 0.2) is 77.7 Å². The molecular weight excluding hydrogens is 438 g/mol. The van der Waals surface area contributed by atoms with Crippen molar-refractivity contribution in [3.05, 3.63) is 94.5 Å². The molecule has 0 unspecified atom stereocenters. The maximum atomic E-state index is 13.0. The topological polar surface area (TPSA) is 95.6 Å². The summed E-state index contributed by atoms with van der Waals surface area (Å²) in [5, 5.41) is 0.237. The molecule has 0 aliphatic carbocycles. The first-order valence-electron chi connectivity index (χ1n) is 9.21. The van der Waals surface area contributed by atoms with Gasteiger partial charge in [0, 0.05) is 12.6 Å². The molecule has 0 fully saturated rings. The minimum absolute atomic E-state index is 0.0549. The fourth-order valence-corrected chi connectivity index (χ4v) is 4.21. The molecule has 0 aliphatic heterocycles. The van der Waals surface area contributed by atoms with Gasteiger partial charge in [0.05, 0.1) is 21.2 Å². The van der Waals surface area contributed by atoms with Crippen molar-refractivity contribution in [3.8, 4) is 0 Å². The fourth-order valence-electron chi connectivity index (χ4n) is 2.75. The molecule has 3 rings (SSSR count). The molecule has 0 radical (unpaired) electrons. The number of carbonyl (C=O) groups excluding carboxylic acids is 2. The minimum Gasteiger partial charge on any atom is -0.269 e. The Morgan fingerprint density at radius 1 is 0.871 bits per heavy atom. The van der Waals surface area contributed by atoms with Crippen molar-refractivity contribution in [2.24, 2.45) is 0 Å². The Bertz CT molecular complexity index is 1230. The highest BCUT2D eigenvalue weighted by molar-refractivity contribution is 7.92. The van der Waals surface area contributed by atoms with E-state index in [1.165, 1.54) is 37.4 Å². The summed E-state index contributed by atoms with van der Waals surface area (Å²) in [4.78, 5) is 24.6. The molecule has 9 heteroatoms. The maximum Gasteiger partial charge on any atom is 0.271 e. The monoisotopic (exact) mass is 457 g/mol. The summed E-state index contributed by atoms with van der Waals surface area (Å²) in [6, 6.07) is 19.0. The minimum atomic E-state index is -3.89. The van der Waals surface area contributed by atoms with Crippen LogP contribution in [0.25, 0.3) is 0 Å². The third-order valence-electron chi connectivity index (χ3n) is 4.56. The summed E-state index contributed by atoms with van der Waals surface area (Å²) in [7, 11) is -2.45. The van der Waals surface area contributed by atoms with E-state index < -0.39 is 21.8 Å². The lowest BCUT2D eigenvalue weighted by Gasteiger charge is -2.20. The van der Waals surface area contributed by atoms with Gasteiger partial charge < -0.3 is 0 Å². The molecule has 7 nitrogen and oxygen atoms in total. The summed E-state index contributed by atoms with van der Waals surface area (Å²) in [5.41, 5.74) is 6.29. The van der Waals surface area contributed by atoms with Crippen LogP contribution in [0.2, 0.25) is 5.02 Å². The number of hydrogen-bond acceptors (Lipinski definition) is 4. The molecular formula is C22H20ClN3O4S. The molecule has 31 heavy (non-hydrogen) atoms. The van der Waals surface area contributed by atoms with E-state index in [0.29, 0.717) is 5.69 Å². The van der Waals surface area contributed by atoms with Gasteiger partial charge in [0.2, 0.25) is 0 Å². The molecule has 3 aromatic rings. The number of hydrogen-bond donors (Lipinski definition) is 2. The lowest BCUT2D eigenvalue weighted by Crippen LogP contribution is -2.41. The van der Waals surface area contributed by atoms with Crippen LogP contribution < -0.4 is 15.2 Å². The van der Waals surface area contributed by atoms with Gasteiger partial charge in [0.1, 0.15) is 0 Å². The fraction of sp³-hybridized carbons (Fsp3) is 0.0909. The molecule has 0 aromatic heterocycles. The van der Waals surface area contributed by atoms with Crippen molar-refractivity contribution in [2.75, 3.05) is 11.4 Å². The van der Waals surface area contributed by atoms with E-state index >= 15 is 0 Å². The molecule has 160 valence electrons. The van der Waals surface area contributed by atoms with Crippen LogP contribution in [0.3, 0.4) is 0 Å². The Balaban J connectivity index is 1.76. The summed E-state index contributed by atoms with van der Waals surface area (Å²) in [6.45, 7) is 1.91. The predicted molar refractivity (Wildman–Crippen MR) is 120 cm³/mol. The highest BCUT2D eigenvalue weighted by atomic mass is 35.5. The Kier molecular flexibility index (Phi) is 6.62. The lowest BCUT2D eigenvalue weighted by molar-refractivity contribution is 0.0846. The van der Waals surface area contributed by atoms with Gasteiger partial charge in [-0.05, 0) is 49.4 Å². The largest absolute Gasteiger partial charge is 0.271 e. The average molecular weight is 458 g/mol. The van der Waals surface area contributed by atoms with Crippen LogP contribution in [0.1, 0.15) is 26.3 Å². The highest BCUT2D eigenvalue weighted by Crippen LogP contribution is 2.23. The molecule has 2 amide bonds. The van der Waals surface area contributed by atoms with Crippen molar-refractivity contribution in [3.63, 3.8) is 0 Å². The van der Waals surface area contributed by atoms with Gasteiger partial charge >= 0.3 is 0 Å². The Labute approximate surface area is 185 Å². The van der Waals surface area contributed by atoms with Gasteiger partial charge in [-0.1, -0.05) is 47.5 Å². The second-order valence-corrected chi connectivity index (χ2v) is 9.10. The second kappa shape index (κ2) is 9.20. The zero-order valence-electron chi connectivity index (χ0n) is 16.8. The molecule has 0 saturated heterocycles. The van der Waals surface area contributed by atoms with E-state index in [0.717, 1.165) is 9.87 Å². The van der Waals surface area contributed by atoms with Crippen molar-refractivity contribution >= 4 is 39.1 Å². The normalized spacial score (nSPS) is 10.9. The second-order valence-electron chi connectivity index (χ2n) is 6.72. The SMILES string of the molecule is Cc1ccc(N(C)S(=O)(=O)c2cccc(C(=O)NNC(=O)c3ccccc3Cl)c2)cc1. The number of nitrogens with one attached hydrogen (secondary N) is 2. The van der Waals surface area contributed by atoms with Gasteiger partial charge in [-0.15, -0.1) is 0 Å². The number of amides is 2. The van der Waals surface area contributed by atoms with Crippen LogP contribution in [-0.2, 0) is 10.0 Å². The smallest absolute Gasteiger partial charge is 0.269 e. The first-order valence-corrected chi connectivity index (χ1v) is 11.0. The number of aryl methyl sites for hydroxylation is 1. The van der Waals surface area contributed by atoms with Crippen molar-refractivity contribution in [1.29, 1.82) is 0 Å². The number of carbonyl (C=O) groups is 2. The van der Waals surface area contributed by atoms with E-state index in [1.807, 2.05) is 19.1 Å². The first-order chi connectivity index (χ1) is 14.7. The number of sulfonamides is 1. The highest BCUT2D eigenvalue weighted by Gasteiger charge is 2.22. The Morgan fingerprint density at radius 3 is 2.19 bits per heavy atom. The van der Waals surface area contributed by atoms with Gasteiger partial charge in [-0.3, -0.25) is 24.7 Å². The van der Waals surface area contributed by atoms with Crippen molar-refractivity contribution < 1.29 is 18.0 Å². The Hall–Kier alpha value is -3.36. The summed E-state index contributed by atoms with van der Waals surface area (Å²) in [6.07, 6.45) is 0. The van der Waals surface area contributed by atoms with Crippen LogP contribution in [0.4, 0.5) is 5.69 Å². The molecule has 2 N–H and O–H groups in total. The van der Waals surface area contributed by atoms with Gasteiger partial charge in [0.25, 0.3) is 21.8 Å². The summed E-state index contributed by atoms with van der Waals surface area (Å²) in [5.74, 6) is -1.27. The van der Waals surface area contributed by atoms with E-state index in [1.54, 1.807) is 30.3 Å². The molecule has 0 heterocycles. The number of benzene rings is 3. The third kappa shape index (κ3) is 5.04. The first kappa shape index (κ1) is 22.3. The van der Waals surface area contributed by atoms with Crippen LogP contribution in [0.5, 0.6) is 0 Å². The third-order valence-corrected chi connectivity index (χ3v) is 6.67. The standard InChI is InChI=1S/C22H20ClN3O4S/c1-15-10-12-17(13-11-15)26(2)31(29,30)18-7-5-6-16(14-18)21(27)24-25-22(28)19-8-3-4-9-20(19)23/h3-14H,1-2H3,(H,24,27)(H,25,28). The molecule has 0 saturated carbocycles. The maximum absolute atomic E-state index is 13.0. The van der Waals surface area contributed by atoms with Crippen LogP contribution >= 0.6 is 11.6 Å². The summed E-state index contributed by atoms with van der Waals surface area (Å²) < 4.78 is 27.1. The van der Waals surface area contributed by atoms with Gasteiger partial charge in [-0.2, -0.15) is 0 Å². The molecule has 0 atom stereocenters. The van der Waals surface area contributed by atoms with Crippen LogP contribution in [0, 0.1) is 6.92 Å². The van der Waals surface area contributed by atoms with E-state index in [-0.39, 0.29) is 21.0 Å². The van der Waals surface area contributed by atoms with Crippen molar-refractivity contribution in [2.45, 2.75) is 11.8 Å². The number of nitrogens with zero attached hydrogens (tertiary/aromatic N) is 1. The van der Waals surface area contributed by atoms with E-state index in [9.17, 15) is 18.0 Å². The summed E-state index contributed by atoms with van der Waals surface area (Å²) >= 11 is 5.97. The van der Waals surface area contributed by atoms with Crippen LogP contribution in [-0.4, -0.2) is 27.3 Å². The molecule has 0 spiro atoms. The number of hydrazine groups is 1. The molecule has 0 bridgehead atoms. The van der Waals surface area contributed by atoms with E-state index in [4.69, 9.17) is 11.6 Å².